The average Bonchev–Trinajstić information content (AvgIpc) is 3.66. The van der Waals surface area contributed by atoms with Gasteiger partial charge in [0.25, 0.3) is 0 Å². The van der Waals surface area contributed by atoms with Gasteiger partial charge >= 0.3 is 0 Å². The summed E-state index contributed by atoms with van der Waals surface area (Å²) in [5.41, 5.74) is 4.13. The Bertz CT molecular complexity index is 2020. The topological polar surface area (TPSA) is 177 Å². The molecule has 0 fully saturated rings. The number of amides is 4. The Morgan fingerprint density at radius 1 is 0.579 bits per heavy atom. The zero-order valence-electron chi connectivity index (χ0n) is 33.2. The normalized spacial score (nSPS) is 14.6. The summed E-state index contributed by atoms with van der Waals surface area (Å²) < 4.78 is 0. The number of carbonyl (C=O) groups is 4. The minimum atomic E-state index is -1.48. The van der Waals surface area contributed by atoms with Crippen molar-refractivity contribution in [3.8, 4) is 0 Å². The van der Waals surface area contributed by atoms with E-state index in [0.717, 1.165) is 27.7 Å². The summed E-state index contributed by atoms with van der Waals surface area (Å²) >= 11 is 0. The third-order valence-electron chi connectivity index (χ3n) is 10.0. The zero-order chi connectivity index (χ0) is 40.9. The monoisotopic (exact) mass is 773 g/mol. The summed E-state index contributed by atoms with van der Waals surface area (Å²) in [7, 11) is 0. The number of H-pyrrole nitrogens is 1. The predicted octanol–water partition coefficient (Wildman–Crippen LogP) is 4.51. The minimum Gasteiger partial charge on any atom is -0.389 e. The van der Waals surface area contributed by atoms with Crippen molar-refractivity contribution >= 4 is 34.7 Å². The molecule has 5 unspecified atom stereocenters. The minimum absolute atomic E-state index is 0.170. The number of nitrogens with one attached hydrogen (secondary N) is 6. The molecule has 4 amide bonds. The summed E-state index contributed by atoms with van der Waals surface area (Å²) in [6.45, 7) is 9.55. The van der Waals surface area contributed by atoms with E-state index in [0.29, 0.717) is 5.82 Å². The van der Waals surface area contributed by atoms with E-state index in [9.17, 15) is 24.3 Å². The lowest BCUT2D eigenvalue weighted by molar-refractivity contribution is -0.134. The number of para-hydroxylation sites is 2. The van der Waals surface area contributed by atoms with Crippen molar-refractivity contribution in [2.75, 3.05) is 0 Å². The van der Waals surface area contributed by atoms with Gasteiger partial charge in [-0.15, -0.1) is 0 Å². The van der Waals surface area contributed by atoms with Crippen LogP contribution in [0.2, 0.25) is 0 Å². The number of hydrogen-bond donors (Lipinski definition) is 7. The first-order valence-corrected chi connectivity index (χ1v) is 19.6. The van der Waals surface area contributed by atoms with Gasteiger partial charge in [0.15, 0.2) is 0 Å². The Balaban J connectivity index is 1.38. The molecule has 0 bridgehead atoms. The highest BCUT2D eigenvalue weighted by atomic mass is 16.3. The lowest BCUT2D eigenvalue weighted by Gasteiger charge is -2.34. The Hall–Kier alpha value is -5.85. The van der Waals surface area contributed by atoms with Gasteiger partial charge in [0.1, 0.15) is 23.9 Å². The van der Waals surface area contributed by atoms with E-state index in [-0.39, 0.29) is 37.3 Å². The number of aliphatic hydroxyl groups excluding tert-OH is 1. The standard InChI is InChI=1S/C45H55N7O5/c1-28(2)37(43(55)47-27-33-21-13-8-14-22-33)52-45(57)39(46-26-32-19-11-7-12-20-32)40(53)36(25-31-17-9-6-10-18-31)50-44(56)38(29(3)4)51-42(54)30(5)41-48-34-23-15-16-24-35(34)49-41/h6-24,28-30,36-40,46,53H,25-27H2,1-5H3,(H,47,55)(H,48,49)(H,50,56)(H,51,54)(H,52,57)/t30?,36?,37-,38?,39?,40?/m1/s1. The molecule has 0 saturated heterocycles. The molecule has 0 aliphatic rings. The molecule has 7 N–H and O–H groups in total. The number of benzene rings is 4. The van der Waals surface area contributed by atoms with Crippen LogP contribution in [0.5, 0.6) is 0 Å². The number of hydrogen-bond acceptors (Lipinski definition) is 7. The van der Waals surface area contributed by atoms with Crippen LogP contribution in [0, 0.1) is 11.8 Å². The number of rotatable bonds is 19. The number of imidazole rings is 1. The SMILES string of the molecule is CC(C(=O)NC(C(=O)NC(Cc1ccccc1)C(O)C(NCc1ccccc1)C(=O)N[C@@H](C(=O)NCc1ccccc1)C(C)C)C(C)C)c1nc2ccccc2[nH]1. The molecular formula is C45H55N7O5. The molecule has 12 nitrogen and oxygen atoms in total. The highest BCUT2D eigenvalue weighted by Gasteiger charge is 2.38. The maximum absolute atomic E-state index is 14.3. The highest BCUT2D eigenvalue weighted by Crippen LogP contribution is 2.19. The van der Waals surface area contributed by atoms with E-state index in [1.807, 2.05) is 143 Å². The molecule has 0 radical (unpaired) electrons. The van der Waals surface area contributed by atoms with Crippen LogP contribution in [0.1, 0.15) is 63.1 Å². The average molecular weight is 774 g/mol. The second-order valence-electron chi connectivity index (χ2n) is 15.2. The van der Waals surface area contributed by atoms with E-state index < -0.39 is 53.9 Å². The van der Waals surface area contributed by atoms with Crippen molar-refractivity contribution in [3.05, 3.63) is 138 Å². The van der Waals surface area contributed by atoms with Gasteiger partial charge in [-0.2, -0.15) is 0 Å². The van der Waals surface area contributed by atoms with Gasteiger partial charge in [0, 0.05) is 13.1 Å². The van der Waals surface area contributed by atoms with Gasteiger partial charge in [0.2, 0.25) is 23.6 Å². The lowest BCUT2D eigenvalue weighted by atomic mass is 9.93. The molecule has 5 rings (SSSR count). The van der Waals surface area contributed by atoms with Crippen LogP contribution in [0.15, 0.2) is 115 Å². The van der Waals surface area contributed by atoms with E-state index >= 15 is 0 Å². The van der Waals surface area contributed by atoms with Crippen LogP contribution >= 0.6 is 0 Å². The van der Waals surface area contributed by atoms with Crippen LogP contribution in [-0.4, -0.2) is 69.0 Å². The van der Waals surface area contributed by atoms with E-state index in [1.165, 1.54) is 0 Å². The van der Waals surface area contributed by atoms with Gasteiger partial charge in [-0.1, -0.05) is 131 Å². The molecule has 0 aliphatic carbocycles. The van der Waals surface area contributed by atoms with Crippen molar-refractivity contribution in [2.24, 2.45) is 11.8 Å². The third kappa shape index (κ3) is 11.8. The molecular weight excluding hydrogens is 719 g/mol. The van der Waals surface area contributed by atoms with E-state index in [2.05, 4.69) is 36.6 Å². The molecule has 0 saturated carbocycles. The second kappa shape index (κ2) is 20.4. The Labute approximate surface area is 334 Å². The van der Waals surface area contributed by atoms with Crippen molar-refractivity contribution in [1.29, 1.82) is 0 Å². The summed E-state index contributed by atoms with van der Waals surface area (Å²) in [6.07, 6.45) is -1.31. The number of aromatic amines is 1. The number of fused-ring (bicyclic) bond motifs is 1. The molecule has 1 heterocycles. The quantitative estimate of drug-likeness (QED) is 0.0646. The van der Waals surface area contributed by atoms with Crippen LogP contribution in [0.3, 0.4) is 0 Å². The Morgan fingerprint density at radius 3 is 1.65 bits per heavy atom. The first kappa shape index (κ1) is 42.3. The Morgan fingerprint density at radius 2 is 1.07 bits per heavy atom. The maximum Gasteiger partial charge on any atom is 0.243 e. The molecule has 5 aromatic rings. The molecule has 6 atom stereocenters. The summed E-state index contributed by atoms with van der Waals surface area (Å²) in [4.78, 5) is 63.4. The first-order chi connectivity index (χ1) is 27.4. The van der Waals surface area contributed by atoms with Gasteiger partial charge in [0.05, 0.1) is 29.1 Å². The second-order valence-corrected chi connectivity index (χ2v) is 15.2. The largest absolute Gasteiger partial charge is 0.389 e. The van der Waals surface area contributed by atoms with Gasteiger partial charge in [-0.25, -0.2) is 4.98 Å². The zero-order valence-corrected chi connectivity index (χ0v) is 33.2. The van der Waals surface area contributed by atoms with Gasteiger partial charge in [-0.3, -0.25) is 24.5 Å². The molecule has 0 aliphatic heterocycles. The first-order valence-electron chi connectivity index (χ1n) is 19.6. The number of aromatic nitrogens is 2. The molecule has 1 aromatic heterocycles. The van der Waals surface area contributed by atoms with Crippen LogP contribution < -0.4 is 26.6 Å². The summed E-state index contributed by atoms with van der Waals surface area (Å²) in [5.74, 6) is -2.70. The Kier molecular flexibility index (Phi) is 15.1. The number of carbonyl (C=O) groups excluding carboxylic acids is 4. The van der Waals surface area contributed by atoms with Crippen molar-refractivity contribution in [3.63, 3.8) is 0 Å². The predicted molar refractivity (Wildman–Crippen MR) is 221 cm³/mol. The smallest absolute Gasteiger partial charge is 0.243 e. The fourth-order valence-electron chi connectivity index (χ4n) is 6.61. The number of aliphatic hydroxyl groups is 1. The molecule has 57 heavy (non-hydrogen) atoms. The van der Waals surface area contributed by atoms with E-state index in [4.69, 9.17) is 0 Å². The van der Waals surface area contributed by atoms with Crippen LogP contribution in [0.4, 0.5) is 0 Å². The molecule has 12 heteroatoms. The van der Waals surface area contributed by atoms with Gasteiger partial charge in [-0.05, 0) is 54.0 Å². The van der Waals surface area contributed by atoms with Gasteiger partial charge < -0.3 is 31.4 Å². The summed E-state index contributed by atoms with van der Waals surface area (Å²) in [6, 6.07) is 31.6. The van der Waals surface area contributed by atoms with Crippen molar-refractivity contribution in [1.82, 2.24) is 36.6 Å². The number of nitrogens with zero attached hydrogens (tertiary/aromatic N) is 1. The molecule has 4 aromatic carbocycles. The van der Waals surface area contributed by atoms with Crippen molar-refractivity contribution < 1.29 is 24.3 Å². The highest BCUT2D eigenvalue weighted by molar-refractivity contribution is 5.92. The summed E-state index contributed by atoms with van der Waals surface area (Å²) in [5, 5.41) is 27.2. The fourth-order valence-corrected chi connectivity index (χ4v) is 6.61. The third-order valence-corrected chi connectivity index (χ3v) is 10.0. The van der Waals surface area contributed by atoms with E-state index in [1.54, 1.807) is 6.92 Å². The maximum atomic E-state index is 14.3. The van der Waals surface area contributed by atoms with Crippen molar-refractivity contribution in [2.45, 2.75) is 90.3 Å². The van der Waals surface area contributed by atoms with Crippen LogP contribution in [0.25, 0.3) is 11.0 Å². The molecule has 0 spiro atoms. The van der Waals surface area contributed by atoms with Crippen LogP contribution in [-0.2, 0) is 38.7 Å². The fraction of sp³-hybridized carbons (Fsp3) is 0.356. The molecule has 300 valence electrons. The lowest BCUT2D eigenvalue weighted by Crippen LogP contribution is -2.63.